The van der Waals surface area contributed by atoms with E-state index in [1.54, 1.807) is 27.7 Å². The Kier molecular flexibility index (Phi) is 8.45. The normalized spacial score (nSPS) is 13.4. The van der Waals surface area contributed by atoms with Crippen molar-refractivity contribution in [1.82, 2.24) is 10.0 Å². The predicted octanol–water partition coefficient (Wildman–Crippen LogP) is -0.444. The van der Waals surface area contributed by atoms with Gasteiger partial charge in [0.25, 0.3) is 0 Å². The minimum Gasteiger partial charge on any atom is -0.480 e. The first-order valence-corrected chi connectivity index (χ1v) is 8.31. The van der Waals surface area contributed by atoms with E-state index in [9.17, 15) is 18.0 Å². The Morgan fingerprint density at radius 2 is 1.76 bits per heavy atom. The van der Waals surface area contributed by atoms with Crippen LogP contribution in [0.5, 0.6) is 0 Å². The zero-order valence-corrected chi connectivity index (χ0v) is 13.6. The molecule has 3 N–H and O–H groups in total. The van der Waals surface area contributed by atoms with Crippen molar-refractivity contribution in [2.24, 2.45) is 5.92 Å². The summed E-state index contributed by atoms with van der Waals surface area (Å²) in [6.07, 6.45) is -0.0779. The topological polar surface area (TPSA) is 122 Å². The standard InChI is InChI=1S/C12H24N2O6S/c1-8(2)11(12(16)17)14-10(15)7-13-21(18,19)6-5-20-9(3)4/h8-9,11,13H,5-7H2,1-4H3,(H,14,15)(H,16,17). The van der Waals surface area contributed by atoms with E-state index >= 15 is 0 Å². The molecule has 8 nitrogen and oxygen atoms in total. The number of nitrogens with one attached hydrogen (secondary N) is 2. The average Bonchev–Trinajstić information content (AvgIpc) is 2.32. The van der Waals surface area contributed by atoms with Gasteiger partial charge in [0.2, 0.25) is 15.9 Å². The highest BCUT2D eigenvalue weighted by Gasteiger charge is 2.23. The molecule has 1 atom stereocenters. The molecule has 0 aromatic rings. The molecule has 0 aliphatic rings. The van der Waals surface area contributed by atoms with Crippen LogP contribution in [0.2, 0.25) is 0 Å². The molecule has 0 rings (SSSR count). The highest BCUT2D eigenvalue weighted by atomic mass is 32.2. The van der Waals surface area contributed by atoms with Crippen LogP contribution in [0.1, 0.15) is 27.7 Å². The number of sulfonamides is 1. The van der Waals surface area contributed by atoms with Crippen molar-refractivity contribution < 1.29 is 27.9 Å². The zero-order valence-electron chi connectivity index (χ0n) is 12.8. The first-order valence-electron chi connectivity index (χ1n) is 6.66. The quantitative estimate of drug-likeness (QED) is 0.500. The maximum Gasteiger partial charge on any atom is 0.326 e. The number of carboxylic acid groups (broad SMARTS) is 1. The number of hydrogen-bond donors (Lipinski definition) is 3. The van der Waals surface area contributed by atoms with E-state index in [0.717, 1.165) is 0 Å². The van der Waals surface area contributed by atoms with Crippen LogP contribution in [0.15, 0.2) is 0 Å². The Labute approximate surface area is 125 Å². The van der Waals surface area contributed by atoms with Gasteiger partial charge < -0.3 is 15.2 Å². The third-order valence-corrected chi connectivity index (χ3v) is 3.79. The van der Waals surface area contributed by atoms with Crippen LogP contribution in [0.4, 0.5) is 0 Å². The summed E-state index contributed by atoms with van der Waals surface area (Å²) in [5, 5.41) is 11.2. The maximum atomic E-state index is 11.6. The highest BCUT2D eigenvalue weighted by Crippen LogP contribution is 2.01. The highest BCUT2D eigenvalue weighted by molar-refractivity contribution is 7.89. The van der Waals surface area contributed by atoms with E-state index in [1.165, 1.54) is 0 Å². The van der Waals surface area contributed by atoms with Crippen molar-refractivity contribution in [2.75, 3.05) is 18.9 Å². The maximum absolute atomic E-state index is 11.6. The number of ether oxygens (including phenoxy) is 1. The summed E-state index contributed by atoms with van der Waals surface area (Å²) in [6, 6.07) is -1.05. The smallest absolute Gasteiger partial charge is 0.326 e. The van der Waals surface area contributed by atoms with Gasteiger partial charge in [0.15, 0.2) is 0 Å². The van der Waals surface area contributed by atoms with E-state index in [2.05, 4.69) is 10.0 Å². The Hall–Kier alpha value is -1.19. The Morgan fingerprint density at radius 3 is 2.19 bits per heavy atom. The lowest BCUT2D eigenvalue weighted by Gasteiger charge is -2.18. The van der Waals surface area contributed by atoms with E-state index < -0.39 is 34.5 Å². The van der Waals surface area contributed by atoms with Crippen LogP contribution >= 0.6 is 0 Å². The van der Waals surface area contributed by atoms with Crippen molar-refractivity contribution in [3.05, 3.63) is 0 Å². The van der Waals surface area contributed by atoms with E-state index in [0.29, 0.717) is 0 Å². The number of rotatable bonds is 10. The van der Waals surface area contributed by atoms with Gasteiger partial charge in [-0.2, -0.15) is 0 Å². The van der Waals surface area contributed by atoms with Crippen LogP contribution in [0.3, 0.4) is 0 Å². The van der Waals surface area contributed by atoms with Crippen LogP contribution in [0, 0.1) is 5.92 Å². The minimum atomic E-state index is -3.63. The third-order valence-electron chi connectivity index (χ3n) is 2.51. The van der Waals surface area contributed by atoms with Gasteiger partial charge in [-0.15, -0.1) is 0 Å². The van der Waals surface area contributed by atoms with Crippen LogP contribution < -0.4 is 10.0 Å². The Balaban J connectivity index is 4.25. The van der Waals surface area contributed by atoms with Gasteiger partial charge in [-0.1, -0.05) is 13.8 Å². The second kappa shape index (κ2) is 8.96. The first kappa shape index (κ1) is 19.8. The summed E-state index contributed by atoms with van der Waals surface area (Å²) in [5.74, 6) is -2.41. The van der Waals surface area contributed by atoms with Crippen LogP contribution in [-0.4, -0.2) is 56.5 Å². The van der Waals surface area contributed by atoms with Gasteiger partial charge >= 0.3 is 5.97 Å². The van der Waals surface area contributed by atoms with Crippen molar-refractivity contribution in [3.63, 3.8) is 0 Å². The van der Waals surface area contributed by atoms with Gasteiger partial charge in [0.1, 0.15) is 6.04 Å². The molecule has 9 heteroatoms. The fraction of sp³-hybridized carbons (Fsp3) is 0.833. The van der Waals surface area contributed by atoms with Crippen molar-refractivity contribution >= 4 is 21.9 Å². The minimum absolute atomic E-state index is 0.0262. The molecule has 0 fully saturated rings. The zero-order chi connectivity index (χ0) is 16.6. The number of amides is 1. The molecular formula is C12H24N2O6S. The number of carboxylic acids is 1. The molecule has 0 saturated carbocycles. The fourth-order valence-corrected chi connectivity index (χ4v) is 2.19. The summed E-state index contributed by atoms with van der Waals surface area (Å²) in [7, 11) is -3.63. The molecule has 0 aliphatic heterocycles. The second-order valence-corrected chi connectivity index (χ2v) is 7.11. The van der Waals surface area contributed by atoms with E-state index in [4.69, 9.17) is 9.84 Å². The molecule has 0 aliphatic carbocycles. The van der Waals surface area contributed by atoms with Gasteiger partial charge in [-0.3, -0.25) is 4.79 Å². The van der Waals surface area contributed by atoms with Gasteiger partial charge in [-0.05, 0) is 19.8 Å². The molecule has 124 valence electrons. The molecule has 1 amide bonds. The Bertz CT molecular complexity index is 447. The number of carbonyl (C=O) groups excluding carboxylic acids is 1. The summed E-state index contributed by atoms with van der Waals surface area (Å²) in [5.41, 5.74) is 0. The number of aliphatic carboxylic acids is 1. The molecule has 0 aromatic carbocycles. The van der Waals surface area contributed by atoms with Crippen LogP contribution in [0.25, 0.3) is 0 Å². The van der Waals surface area contributed by atoms with Crippen molar-refractivity contribution in [2.45, 2.75) is 39.8 Å². The molecule has 0 saturated heterocycles. The fourth-order valence-electron chi connectivity index (χ4n) is 1.38. The molecule has 0 heterocycles. The molecule has 0 spiro atoms. The number of carbonyl (C=O) groups is 2. The van der Waals surface area contributed by atoms with E-state index in [1.807, 2.05) is 0 Å². The van der Waals surface area contributed by atoms with Crippen molar-refractivity contribution in [3.8, 4) is 0 Å². The molecular weight excluding hydrogens is 300 g/mol. The molecule has 21 heavy (non-hydrogen) atoms. The molecule has 0 aromatic heterocycles. The molecule has 0 bridgehead atoms. The molecule has 1 unspecified atom stereocenters. The largest absolute Gasteiger partial charge is 0.480 e. The lowest BCUT2D eigenvalue weighted by atomic mass is 10.1. The lowest BCUT2D eigenvalue weighted by Crippen LogP contribution is -2.48. The summed E-state index contributed by atoms with van der Waals surface area (Å²) in [4.78, 5) is 22.5. The number of hydrogen-bond acceptors (Lipinski definition) is 5. The van der Waals surface area contributed by atoms with Gasteiger partial charge in [0, 0.05) is 0 Å². The van der Waals surface area contributed by atoms with E-state index in [-0.39, 0.29) is 24.4 Å². The van der Waals surface area contributed by atoms with Crippen LogP contribution in [-0.2, 0) is 24.3 Å². The molecule has 0 radical (unpaired) electrons. The summed E-state index contributed by atoms with van der Waals surface area (Å²) in [6.45, 7) is 6.38. The van der Waals surface area contributed by atoms with Gasteiger partial charge in [0.05, 0.1) is 25.0 Å². The average molecular weight is 324 g/mol. The summed E-state index contributed by atoms with van der Waals surface area (Å²) < 4.78 is 30.4. The first-order chi connectivity index (χ1) is 9.55. The predicted molar refractivity (Wildman–Crippen MR) is 77.3 cm³/mol. The Morgan fingerprint density at radius 1 is 1.19 bits per heavy atom. The summed E-state index contributed by atoms with van der Waals surface area (Å²) >= 11 is 0. The van der Waals surface area contributed by atoms with Gasteiger partial charge in [-0.25, -0.2) is 17.9 Å². The second-order valence-electron chi connectivity index (χ2n) is 5.19. The monoisotopic (exact) mass is 324 g/mol. The SMILES string of the molecule is CC(C)OCCS(=O)(=O)NCC(=O)NC(C(=O)O)C(C)C. The lowest BCUT2D eigenvalue weighted by molar-refractivity contribution is -0.142. The third kappa shape index (κ3) is 9.38. The van der Waals surface area contributed by atoms with Crippen molar-refractivity contribution in [1.29, 1.82) is 0 Å².